The highest BCUT2D eigenvalue weighted by Crippen LogP contribution is 2.17. The van der Waals surface area contributed by atoms with E-state index in [9.17, 15) is 0 Å². The molecule has 1 fully saturated rings. The van der Waals surface area contributed by atoms with Crippen molar-refractivity contribution in [2.75, 3.05) is 13.1 Å². The lowest BCUT2D eigenvalue weighted by Crippen LogP contribution is -2.33. The number of hydrogen-bond acceptors (Lipinski definition) is 3. The second-order valence-electron chi connectivity index (χ2n) is 7.06. The zero-order chi connectivity index (χ0) is 17.5. The van der Waals surface area contributed by atoms with E-state index >= 15 is 0 Å². The summed E-state index contributed by atoms with van der Waals surface area (Å²) in [6.07, 6.45) is 10.2. The van der Waals surface area contributed by atoms with Crippen LogP contribution in [0.1, 0.15) is 30.9 Å². The molecule has 1 saturated heterocycles. The van der Waals surface area contributed by atoms with E-state index in [2.05, 4.69) is 59.0 Å². The molecule has 3 heterocycles. The number of hydrogen-bond donors (Lipinski definition) is 0. The molecular weight excluding hydrogens is 306 g/mol. The molecular formula is C22H27N3. The van der Waals surface area contributed by atoms with Gasteiger partial charge in [-0.05, 0) is 61.4 Å². The molecule has 130 valence electrons. The average Bonchev–Trinajstić information content (AvgIpc) is 2.63. The van der Waals surface area contributed by atoms with E-state index < -0.39 is 0 Å². The molecule has 1 atom stereocenters. The van der Waals surface area contributed by atoms with Crippen LogP contribution < -0.4 is 0 Å². The lowest BCUT2D eigenvalue weighted by molar-refractivity contribution is 0.176. The molecule has 0 spiro atoms. The molecule has 0 bridgehead atoms. The fourth-order valence-electron chi connectivity index (χ4n) is 3.38. The van der Waals surface area contributed by atoms with Crippen LogP contribution in [0.2, 0.25) is 0 Å². The van der Waals surface area contributed by atoms with Crippen molar-refractivity contribution in [1.29, 1.82) is 0 Å². The standard InChI is InChI=1S/C12H18N2.C10H9N/c1-11-3-2-8-14(9-11)10-12-4-6-13-7-5-12;1-8-2-3-10-7-11-5-4-9(10)6-8/h4-7,11H,2-3,8-10H2,1H3;2-7H,1H3. The van der Waals surface area contributed by atoms with Crippen molar-refractivity contribution >= 4 is 10.8 Å². The van der Waals surface area contributed by atoms with Gasteiger partial charge in [-0.1, -0.05) is 30.7 Å². The maximum Gasteiger partial charge on any atom is 0.0346 e. The normalized spacial score (nSPS) is 17.8. The predicted molar refractivity (Wildman–Crippen MR) is 104 cm³/mol. The number of benzene rings is 1. The smallest absolute Gasteiger partial charge is 0.0346 e. The highest BCUT2D eigenvalue weighted by molar-refractivity contribution is 5.81. The third-order valence-electron chi connectivity index (χ3n) is 4.69. The van der Waals surface area contributed by atoms with Gasteiger partial charge < -0.3 is 0 Å². The van der Waals surface area contributed by atoms with Crippen LogP contribution in [0, 0.1) is 12.8 Å². The van der Waals surface area contributed by atoms with Gasteiger partial charge in [-0.2, -0.15) is 0 Å². The highest BCUT2D eigenvalue weighted by atomic mass is 15.1. The monoisotopic (exact) mass is 333 g/mol. The van der Waals surface area contributed by atoms with Crippen molar-refractivity contribution in [3.8, 4) is 0 Å². The van der Waals surface area contributed by atoms with E-state index in [1.165, 1.54) is 47.8 Å². The molecule has 0 amide bonds. The van der Waals surface area contributed by atoms with Crippen LogP contribution in [0.3, 0.4) is 0 Å². The van der Waals surface area contributed by atoms with Crippen LogP contribution >= 0.6 is 0 Å². The summed E-state index contributed by atoms with van der Waals surface area (Å²) in [5.41, 5.74) is 2.68. The summed E-state index contributed by atoms with van der Waals surface area (Å²) in [5.74, 6) is 0.866. The lowest BCUT2D eigenvalue weighted by Gasteiger charge is -2.30. The second-order valence-corrected chi connectivity index (χ2v) is 7.06. The van der Waals surface area contributed by atoms with Gasteiger partial charge in [0.2, 0.25) is 0 Å². The first kappa shape index (κ1) is 17.6. The van der Waals surface area contributed by atoms with Crippen LogP contribution in [-0.4, -0.2) is 28.0 Å². The van der Waals surface area contributed by atoms with Crippen molar-refractivity contribution < 1.29 is 0 Å². The minimum Gasteiger partial charge on any atom is -0.299 e. The molecule has 0 aliphatic carbocycles. The molecule has 2 aromatic heterocycles. The Morgan fingerprint density at radius 1 is 1.00 bits per heavy atom. The molecule has 1 unspecified atom stereocenters. The fourth-order valence-corrected chi connectivity index (χ4v) is 3.38. The number of likely N-dealkylation sites (tertiary alicyclic amines) is 1. The largest absolute Gasteiger partial charge is 0.299 e. The molecule has 3 heteroatoms. The third-order valence-corrected chi connectivity index (χ3v) is 4.69. The van der Waals surface area contributed by atoms with E-state index in [1.807, 2.05) is 30.9 Å². The van der Waals surface area contributed by atoms with Crippen LogP contribution in [0.4, 0.5) is 0 Å². The summed E-state index contributed by atoms with van der Waals surface area (Å²) < 4.78 is 0. The third kappa shape index (κ3) is 5.36. The van der Waals surface area contributed by atoms with Crippen molar-refractivity contribution in [3.05, 3.63) is 72.3 Å². The molecule has 3 aromatic rings. The first-order chi connectivity index (χ1) is 12.2. The quantitative estimate of drug-likeness (QED) is 0.671. The maximum absolute atomic E-state index is 4.04. The van der Waals surface area contributed by atoms with Crippen LogP contribution in [0.5, 0.6) is 0 Å². The van der Waals surface area contributed by atoms with Gasteiger partial charge in [0, 0.05) is 43.3 Å². The van der Waals surface area contributed by atoms with Crippen LogP contribution in [0.15, 0.2) is 61.2 Å². The number of fused-ring (bicyclic) bond motifs is 1. The summed E-state index contributed by atoms with van der Waals surface area (Å²) in [4.78, 5) is 10.6. The van der Waals surface area contributed by atoms with Gasteiger partial charge in [0.25, 0.3) is 0 Å². The minimum atomic E-state index is 0.866. The Bertz CT molecular complexity index is 785. The zero-order valence-electron chi connectivity index (χ0n) is 15.2. The van der Waals surface area contributed by atoms with Gasteiger partial charge >= 0.3 is 0 Å². The number of rotatable bonds is 2. The van der Waals surface area contributed by atoms with Crippen molar-refractivity contribution in [3.63, 3.8) is 0 Å². The Balaban J connectivity index is 0.000000150. The van der Waals surface area contributed by atoms with E-state index in [-0.39, 0.29) is 0 Å². The van der Waals surface area contributed by atoms with Gasteiger partial charge in [0.15, 0.2) is 0 Å². The molecule has 0 N–H and O–H groups in total. The molecule has 0 radical (unpaired) electrons. The number of nitrogens with zero attached hydrogens (tertiary/aromatic N) is 3. The predicted octanol–water partition coefficient (Wildman–Crippen LogP) is 4.86. The summed E-state index contributed by atoms with van der Waals surface area (Å²) in [7, 11) is 0. The van der Waals surface area contributed by atoms with Crippen molar-refractivity contribution in [1.82, 2.24) is 14.9 Å². The number of aryl methyl sites for hydroxylation is 1. The Labute approximate surface area is 150 Å². The van der Waals surface area contributed by atoms with Crippen LogP contribution in [-0.2, 0) is 6.54 Å². The van der Waals surface area contributed by atoms with Gasteiger partial charge in [-0.15, -0.1) is 0 Å². The minimum absolute atomic E-state index is 0.866. The van der Waals surface area contributed by atoms with E-state index in [0.717, 1.165) is 12.5 Å². The summed E-state index contributed by atoms with van der Waals surface area (Å²) in [5, 5.41) is 2.47. The van der Waals surface area contributed by atoms with Gasteiger partial charge in [0.05, 0.1) is 0 Å². The topological polar surface area (TPSA) is 29.0 Å². The molecule has 3 nitrogen and oxygen atoms in total. The Morgan fingerprint density at radius 3 is 2.60 bits per heavy atom. The zero-order valence-corrected chi connectivity index (χ0v) is 15.2. The Kier molecular flexibility index (Phi) is 6.13. The summed E-state index contributed by atoms with van der Waals surface area (Å²) >= 11 is 0. The number of pyridine rings is 2. The van der Waals surface area contributed by atoms with E-state index in [1.54, 1.807) is 0 Å². The van der Waals surface area contributed by atoms with Gasteiger partial charge in [-0.3, -0.25) is 14.9 Å². The second kappa shape index (κ2) is 8.72. The summed E-state index contributed by atoms with van der Waals surface area (Å²) in [6.45, 7) is 8.04. The molecule has 4 rings (SSSR count). The molecule has 1 aromatic carbocycles. The molecule has 25 heavy (non-hydrogen) atoms. The molecule has 1 aliphatic heterocycles. The average molecular weight is 333 g/mol. The van der Waals surface area contributed by atoms with E-state index in [4.69, 9.17) is 0 Å². The first-order valence-electron chi connectivity index (χ1n) is 9.12. The lowest BCUT2D eigenvalue weighted by atomic mass is 10.00. The fraction of sp³-hybridized carbons (Fsp3) is 0.364. The van der Waals surface area contributed by atoms with Crippen molar-refractivity contribution in [2.45, 2.75) is 33.2 Å². The highest BCUT2D eigenvalue weighted by Gasteiger charge is 2.15. The Morgan fingerprint density at radius 2 is 1.80 bits per heavy atom. The number of piperidine rings is 1. The Hall–Kier alpha value is -2.26. The van der Waals surface area contributed by atoms with Crippen molar-refractivity contribution in [2.24, 2.45) is 5.92 Å². The van der Waals surface area contributed by atoms with Gasteiger partial charge in [-0.25, -0.2) is 0 Å². The first-order valence-corrected chi connectivity index (χ1v) is 9.12. The molecule has 0 saturated carbocycles. The SMILES string of the molecule is CC1CCCN(Cc2ccncc2)C1.Cc1ccc2cnccc2c1. The van der Waals surface area contributed by atoms with E-state index in [0.29, 0.717) is 0 Å². The maximum atomic E-state index is 4.04. The molecule has 1 aliphatic rings. The summed E-state index contributed by atoms with van der Waals surface area (Å²) in [6, 6.07) is 12.6. The van der Waals surface area contributed by atoms with Crippen LogP contribution in [0.25, 0.3) is 10.8 Å². The van der Waals surface area contributed by atoms with Gasteiger partial charge in [0.1, 0.15) is 0 Å². The number of aromatic nitrogens is 2.